The zero-order valence-corrected chi connectivity index (χ0v) is 20.6. The minimum absolute atomic E-state index is 0.0346. The molecule has 0 unspecified atom stereocenters. The van der Waals surface area contributed by atoms with Crippen LogP contribution in [0.3, 0.4) is 0 Å². The first-order valence-electron chi connectivity index (χ1n) is 13.5. The SMILES string of the molecule is CC(=O)[C@@H]1C[C@H]2C[C@@H]3[C@@H]4/C=C\[C@@H]5C(=O)NCCC[C@@H]6NC(=O)C(=C[C@H]5/C=C\[C@@H]4C[C@@H]3[C@H]2[C@@H]1C)C6=O. The first-order valence-corrected chi connectivity index (χ1v) is 13.5. The van der Waals surface area contributed by atoms with Crippen LogP contribution >= 0.6 is 0 Å². The van der Waals surface area contributed by atoms with Gasteiger partial charge in [-0.2, -0.15) is 0 Å². The molecule has 3 saturated carbocycles. The lowest BCUT2D eigenvalue weighted by Gasteiger charge is -2.26. The van der Waals surface area contributed by atoms with Crippen molar-refractivity contribution in [3.8, 4) is 0 Å². The van der Waals surface area contributed by atoms with Gasteiger partial charge in [0.05, 0.1) is 17.5 Å². The number of allylic oxidation sites excluding steroid dienone is 4. The van der Waals surface area contributed by atoms with Gasteiger partial charge in [0, 0.05) is 18.4 Å². The van der Waals surface area contributed by atoms with Crippen LogP contribution in [0, 0.1) is 59.2 Å². The standard InChI is InChI=1S/C29H36N2O4/c1-14-21(15(2)32)12-18-13-22-19-7-8-20-17(6-5-16(19)10-23(22)26(14)18)11-24-27(33)25(31-29(24)35)4-3-9-30-28(20)34/h5-8,11,14,16-23,25-26H,3-4,9-10,12-13H2,1-2H3,(H,30,34)(H,31,35)/b6-5-,8-7-,24-11?/t14-,16-,17-,18+,19-,20+,21-,22-,23+,25+,26+/m1/s1. The lowest BCUT2D eigenvalue weighted by molar-refractivity contribution is -0.124. The largest absolute Gasteiger partial charge is 0.356 e. The summed E-state index contributed by atoms with van der Waals surface area (Å²) in [6, 6.07) is -0.478. The molecule has 6 rings (SSSR count). The molecule has 186 valence electrons. The van der Waals surface area contributed by atoms with E-state index in [1.165, 1.54) is 6.42 Å². The van der Waals surface area contributed by atoms with E-state index in [0.29, 0.717) is 66.6 Å². The van der Waals surface area contributed by atoms with Crippen LogP contribution in [0.1, 0.15) is 46.0 Å². The molecule has 11 atom stereocenters. The van der Waals surface area contributed by atoms with E-state index in [4.69, 9.17) is 0 Å². The van der Waals surface area contributed by atoms with Gasteiger partial charge in [-0.1, -0.05) is 37.3 Å². The quantitative estimate of drug-likeness (QED) is 0.450. The molecule has 4 aliphatic carbocycles. The highest BCUT2D eigenvalue weighted by Crippen LogP contribution is 2.63. The molecule has 6 nitrogen and oxygen atoms in total. The Hall–Kier alpha value is -2.50. The van der Waals surface area contributed by atoms with Gasteiger partial charge in [-0.05, 0) is 80.5 Å². The van der Waals surface area contributed by atoms with Gasteiger partial charge in [0.1, 0.15) is 5.78 Å². The van der Waals surface area contributed by atoms with Crippen LogP contribution in [0.5, 0.6) is 0 Å². The zero-order chi connectivity index (χ0) is 24.4. The van der Waals surface area contributed by atoms with Crippen LogP contribution in [0.25, 0.3) is 0 Å². The third-order valence-corrected chi connectivity index (χ3v) is 10.3. The van der Waals surface area contributed by atoms with E-state index in [9.17, 15) is 19.2 Å². The lowest BCUT2D eigenvalue weighted by atomic mass is 9.79. The number of Topliss-reactive ketones (excluding diaryl/α,β-unsaturated/α-hetero) is 2. The molecule has 6 heteroatoms. The summed E-state index contributed by atoms with van der Waals surface area (Å²) < 4.78 is 0. The summed E-state index contributed by atoms with van der Waals surface area (Å²) in [6.45, 7) is 4.54. The van der Waals surface area contributed by atoms with Gasteiger partial charge in [0.2, 0.25) is 5.91 Å². The Balaban J connectivity index is 1.31. The molecular weight excluding hydrogens is 440 g/mol. The Morgan fingerprint density at radius 3 is 2.63 bits per heavy atom. The topological polar surface area (TPSA) is 92.3 Å². The molecule has 4 fully saturated rings. The second-order valence-electron chi connectivity index (χ2n) is 12.0. The smallest absolute Gasteiger partial charge is 0.255 e. The monoisotopic (exact) mass is 476 g/mol. The summed E-state index contributed by atoms with van der Waals surface area (Å²) in [5.41, 5.74) is 0.205. The predicted octanol–water partition coefficient (Wildman–Crippen LogP) is 3.00. The maximum Gasteiger partial charge on any atom is 0.255 e. The van der Waals surface area contributed by atoms with Crippen molar-refractivity contribution in [2.24, 2.45) is 59.2 Å². The van der Waals surface area contributed by atoms with Gasteiger partial charge >= 0.3 is 0 Å². The molecule has 2 aliphatic heterocycles. The van der Waals surface area contributed by atoms with Gasteiger partial charge in [-0.15, -0.1) is 0 Å². The molecule has 0 aromatic heterocycles. The number of ketones is 2. The zero-order valence-electron chi connectivity index (χ0n) is 20.6. The molecular formula is C29H36N2O4. The van der Waals surface area contributed by atoms with Gasteiger partial charge in [0.15, 0.2) is 5.78 Å². The van der Waals surface area contributed by atoms with E-state index in [1.807, 2.05) is 0 Å². The van der Waals surface area contributed by atoms with E-state index in [0.717, 1.165) is 12.8 Å². The van der Waals surface area contributed by atoms with Gasteiger partial charge < -0.3 is 10.6 Å². The Kier molecular flexibility index (Phi) is 5.61. The van der Waals surface area contributed by atoms with Gasteiger partial charge in [0.25, 0.3) is 5.91 Å². The molecule has 2 amide bonds. The number of fused-ring (bicyclic) bond motifs is 8. The average molecular weight is 477 g/mol. The Morgan fingerprint density at radius 2 is 1.83 bits per heavy atom. The van der Waals surface area contributed by atoms with Crippen LogP contribution in [0.15, 0.2) is 36.0 Å². The number of nitrogens with one attached hydrogen (secondary N) is 2. The van der Waals surface area contributed by atoms with E-state index in [2.05, 4.69) is 41.9 Å². The van der Waals surface area contributed by atoms with Crippen LogP contribution in [0.2, 0.25) is 0 Å². The molecule has 2 N–H and O–H groups in total. The van der Waals surface area contributed by atoms with Crippen molar-refractivity contribution >= 4 is 23.4 Å². The summed E-state index contributed by atoms with van der Waals surface area (Å²) in [4.78, 5) is 50.8. The molecule has 0 aromatic rings. The van der Waals surface area contributed by atoms with E-state index >= 15 is 0 Å². The van der Waals surface area contributed by atoms with Gasteiger partial charge in [-0.25, -0.2) is 0 Å². The van der Waals surface area contributed by atoms with Crippen molar-refractivity contribution < 1.29 is 19.2 Å². The number of amides is 2. The van der Waals surface area contributed by atoms with Crippen LogP contribution < -0.4 is 10.6 Å². The molecule has 0 aromatic carbocycles. The Labute approximate surface area is 207 Å². The predicted molar refractivity (Wildman–Crippen MR) is 131 cm³/mol. The molecule has 35 heavy (non-hydrogen) atoms. The fourth-order valence-corrected chi connectivity index (χ4v) is 8.77. The van der Waals surface area contributed by atoms with Crippen molar-refractivity contribution in [1.29, 1.82) is 0 Å². The highest BCUT2D eigenvalue weighted by Gasteiger charge is 2.58. The highest BCUT2D eigenvalue weighted by atomic mass is 16.2. The Morgan fingerprint density at radius 1 is 1.00 bits per heavy atom. The molecule has 1 saturated heterocycles. The normalized spacial score (nSPS) is 48.1. The molecule has 2 bridgehead atoms. The Bertz CT molecular complexity index is 1060. The van der Waals surface area contributed by atoms with Gasteiger partial charge in [-0.3, -0.25) is 19.2 Å². The second-order valence-corrected chi connectivity index (χ2v) is 12.0. The van der Waals surface area contributed by atoms with Crippen LogP contribution in [-0.4, -0.2) is 36.0 Å². The first-order chi connectivity index (χ1) is 16.8. The van der Waals surface area contributed by atoms with Crippen LogP contribution in [-0.2, 0) is 19.2 Å². The molecule has 0 radical (unpaired) electrons. The summed E-state index contributed by atoms with van der Waals surface area (Å²) in [5, 5.41) is 5.88. The number of hydrogen-bond acceptors (Lipinski definition) is 4. The fraction of sp³-hybridized carbons (Fsp3) is 0.655. The number of carbonyl (C=O) groups excluding carboxylic acids is 4. The maximum atomic E-state index is 13.2. The van der Waals surface area contributed by atoms with E-state index in [-0.39, 0.29) is 35.0 Å². The number of rotatable bonds is 1. The minimum Gasteiger partial charge on any atom is -0.356 e. The highest BCUT2D eigenvalue weighted by molar-refractivity contribution is 6.26. The lowest BCUT2D eigenvalue weighted by Crippen LogP contribution is -2.35. The summed E-state index contributed by atoms with van der Waals surface area (Å²) in [6.07, 6.45) is 15.0. The minimum atomic E-state index is -0.478. The number of carbonyl (C=O) groups is 4. The molecule has 0 spiro atoms. The molecule has 6 aliphatic rings. The summed E-state index contributed by atoms with van der Waals surface area (Å²) >= 11 is 0. The van der Waals surface area contributed by atoms with Crippen molar-refractivity contribution in [2.45, 2.75) is 52.0 Å². The van der Waals surface area contributed by atoms with Crippen molar-refractivity contribution in [2.75, 3.05) is 6.54 Å². The van der Waals surface area contributed by atoms with E-state index < -0.39 is 12.0 Å². The second kappa shape index (κ2) is 8.56. The summed E-state index contributed by atoms with van der Waals surface area (Å²) in [5.74, 6) is 3.07. The average Bonchev–Trinajstić information content (AvgIpc) is 3.48. The van der Waals surface area contributed by atoms with Crippen molar-refractivity contribution in [3.63, 3.8) is 0 Å². The fourth-order valence-electron chi connectivity index (χ4n) is 8.77. The summed E-state index contributed by atoms with van der Waals surface area (Å²) in [7, 11) is 0. The van der Waals surface area contributed by atoms with Crippen molar-refractivity contribution in [1.82, 2.24) is 10.6 Å². The third kappa shape index (κ3) is 3.66. The maximum absolute atomic E-state index is 13.2. The van der Waals surface area contributed by atoms with Crippen LogP contribution in [0.4, 0.5) is 0 Å². The van der Waals surface area contributed by atoms with Crippen molar-refractivity contribution in [3.05, 3.63) is 36.0 Å². The third-order valence-electron chi connectivity index (χ3n) is 10.3. The first kappa shape index (κ1) is 22.9. The number of hydrogen-bond donors (Lipinski definition) is 2. The molecule has 2 heterocycles. The van der Waals surface area contributed by atoms with E-state index in [1.54, 1.807) is 13.0 Å².